The molecule has 1 N–H and O–H groups in total. The molecular weight excluding hydrogens is 236 g/mol. The molecule has 1 saturated heterocycles. The van der Waals surface area contributed by atoms with Gasteiger partial charge >= 0.3 is 0 Å². The molecule has 1 aliphatic heterocycles. The summed E-state index contributed by atoms with van der Waals surface area (Å²) in [6, 6.07) is 0.581. The average molecular weight is 268 g/mol. The highest BCUT2D eigenvalue weighted by Crippen LogP contribution is 2.41. The molecule has 2 rings (SSSR count). The van der Waals surface area contributed by atoms with Crippen LogP contribution in [0, 0.1) is 11.8 Å². The molecule has 0 amide bonds. The van der Waals surface area contributed by atoms with Gasteiger partial charge in [0.2, 0.25) is 0 Å². The predicted molar refractivity (Wildman–Crippen MR) is 80.4 cm³/mol. The molecule has 1 aliphatic carbocycles. The summed E-state index contributed by atoms with van der Waals surface area (Å²) < 4.78 is 5.67. The molecule has 4 unspecified atom stereocenters. The quantitative estimate of drug-likeness (QED) is 0.829. The zero-order chi connectivity index (χ0) is 13.9. The van der Waals surface area contributed by atoms with Crippen LogP contribution in [0.4, 0.5) is 0 Å². The maximum absolute atomic E-state index is 5.67. The summed E-state index contributed by atoms with van der Waals surface area (Å²) in [6.45, 7) is 7.61. The second-order valence-corrected chi connectivity index (χ2v) is 6.86. The van der Waals surface area contributed by atoms with Crippen LogP contribution >= 0.6 is 0 Å². The number of hydrogen-bond donors (Lipinski definition) is 1. The molecule has 4 atom stereocenters. The van der Waals surface area contributed by atoms with Crippen molar-refractivity contribution in [1.82, 2.24) is 10.2 Å². The third-order valence-corrected chi connectivity index (χ3v) is 5.34. The molecule has 0 radical (unpaired) electrons. The van der Waals surface area contributed by atoms with E-state index in [4.69, 9.17) is 4.74 Å². The topological polar surface area (TPSA) is 24.5 Å². The van der Waals surface area contributed by atoms with E-state index in [1.54, 1.807) is 0 Å². The van der Waals surface area contributed by atoms with E-state index in [0.717, 1.165) is 25.7 Å². The Balaban J connectivity index is 2.22. The van der Waals surface area contributed by atoms with Gasteiger partial charge in [-0.3, -0.25) is 0 Å². The summed E-state index contributed by atoms with van der Waals surface area (Å²) in [5, 5.41) is 3.82. The van der Waals surface area contributed by atoms with Crippen molar-refractivity contribution in [3.05, 3.63) is 0 Å². The standard InChI is InChI=1S/C16H32N2O/c1-5-17-15(14-8-10-19-12-14)16(18(3)4)9-6-7-13(2)11-16/h13-15,17H,5-12H2,1-4H3. The van der Waals surface area contributed by atoms with Gasteiger partial charge in [0, 0.05) is 24.1 Å². The molecule has 2 fully saturated rings. The fourth-order valence-corrected chi connectivity index (χ4v) is 4.36. The van der Waals surface area contributed by atoms with E-state index in [9.17, 15) is 0 Å². The molecule has 0 aromatic heterocycles. The molecule has 1 heterocycles. The summed E-state index contributed by atoms with van der Waals surface area (Å²) in [5.41, 5.74) is 0.325. The fourth-order valence-electron chi connectivity index (χ4n) is 4.36. The zero-order valence-corrected chi connectivity index (χ0v) is 13.2. The Morgan fingerprint density at radius 2 is 2.16 bits per heavy atom. The van der Waals surface area contributed by atoms with Crippen LogP contribution in [0.5, 0.6) is 0 Å². The predicted octanol–water partition coefficient (Wildman–Crippen LogP) is 2.51. The van der Waals surface area contributed by atoms with E-state index in [-0.39, 0.29) is 0 Å². The molecule has 1 saturated carbocycles. The van der Waals surface area contributed by atoms with Crippen LogP contribution in [0.1, 0.15) is 46.0 Å². The highest BCUT2D eigenvalue weighted by Gasteiger charge is 2.47. The van der Waals surface area contributed by atoms with Gasteiger partial charge in [-0.1, -0.05) is 26.7 Å². The lowest BCUT2D eigenvalue weighted by Crippen LogP contribution is -2.63. The maximum Gasteiger partial charge on any atom is 0.0510 e. The van der Waals surface area contributed by atoms with E-state index in [1.807, 2.05) is 0 Å². The van der Waals surface area contributed by atoms with Gasteiger partial charge in [-0.25, -0.2) is 0 Å². The Hall–Kier alpha value is -0.120. The molecule has 0 bridgehead atoms. The molecular formula is C16H32N2O. The lowest BCUT2D eigenvalue weighted by Gasteiger charge is -2.52. The smallest absolute Gasteiger partial charge is 0.0510 e. The van der Waals surface area contributed by atoms with Crippen LogP contribution in [-0.4, -0.2) is 50.3 Å². The third-order valence-electron chi connectivity index (χ3n) is 5.34. The molecule has 3 nitrogen and oxygen atoms in total. The summed E-state index contributed by atoms with van der Waals surface area (Å²) in [6.07, 6.45) is 6.65. The van der Waals surface area contributed by atoms with Crippen molar-refractivity contribution in [2.45, 2.75) is 57.5 Å². The van der Waals surface area contributed by atoms with E-state index < -0.39 is 0 Å². The molecule has 0 spiro atoms. The Labute approximate surface area is 119 Å². The minimum absolute atomic E-state index is 0.325. The molecule has 19 heavy (non-hydrogen) atoms. The SMILES string of the molecule is CCNC(C1CCOC1)C1(N(C)C)CCCC(C)C1. The van der Waals surface area contributed by atoms with Gasteiger partial charge in [0.05, 0.1) is 6.61 Å². The van der Waals surface area contributed by atoms with Crippen molar-refractivity contribution in [2.24, 2.45) is 11.8 Å². The first kappa shape index (κ1) is 15.3. The highest BCUT2D eigenvalue weighted by molar-refractivity contribution is 5.04. The second-order valence-electron chi connectivity index (χ2n) is 6.86. The Kier molecular flexibility index (Phi) is 5.27. The lowest BCUT2D eigenvalue weighted by molar-refractivity contribution is 0.0137. The molecule has 112 valence electrons. The number of likely N-dealkylation sites (N-methyl/N-ethyl adjacent to an activating group) is 2. The summed E-state index contributed by atoms with van der Waals surface area (Å²) >= 11 is 0. The van der Waals surface area contributed by atoms with Crippen molar-refractivity contribution < 1.29 is 4.74 Å². The zero-order valence-electron chi connectivity index (χ0n) is 13.2. The van der Waals surface area contributed by atoms with Gasteiger partial charge in [-0.2, -0.15) is 0 Å². The Morgan fingerprint density at radius 1 is 1.37 bits per heavy atom. The van der Waals surface area contributed by atoms with Gasteiger partial charge in [0.1, 0.15) is 0 Å². The van der Waals surface area contributed by atoms with E-state index in [1.165, 1.54) is 32.1 Å². The van der Waals surface area contributed by atoms with E-state index in [2.05, 4.69) is 38.2 Å². The van der Waals surface area contributed by atoms with Crippen LogP contribution in [0.15, 0.2) is 0 Å². The van der Waals surface area contributed by atoms with Gasteiger partial charge in [-0.05, 0) is 45.8 Å². The largest absolute Gasteiger partial charge is 0.381 e. The van der Waals surface area contributed by atoms with Crippen LogP contribution in [0.25, 0.3) is 0 Å². The van der Waals surface area contributed by atoms with Crippen molar-refractivity contribution in [3.8, 4) is 0 Å². The Bertz CT molecular complexity index is 276. The minimum atomic E-state index is 0.325. The molecule has 3 heteroatoms. The van der Waals surface area contributed by atoms with Gasteiger partial charge in [0.15, 0.2) is 0 Å². The average Bonchev–Trinajstić information content (AvgIpc) is 2.89. The van der Waals surface area contributed by atoms with E-state index in [0.29, 0.717) is 17.5 Å². The number of nitrogens with one attached hydrogen (secondary N) is 1. The first-order valence-electron chi connectivity index (χ1n) is 8.08. The van der Waals surface area contributed by atoms with Gasteiger partial charge in [-0.15, -0.1) is 0 Å². The molecule has 2 aliphatic rings. The van der Waals surface area contributed by atoms with Crippen molar-refractivity contribution >= 4 is 0 Å². The first-order chi connectivity index (χ1) is 9.10. The van der Waals surface area contributed by atoms with Crippen molar-refractivity contribution in [3.63, 3.8) is 0 Å². The van der Waals surface area contributed by atoms with Crippen molar-refractivity contribution in [2.75, 3.05) is 33.9 Å². The Morgan fingerprint density at radius 3 is 2.68 bits per heavy atom. The lowest BCUT2D eigenvalue weighted by atomic mass is 9.68. The van der Waals surface area contributed by atoms with Crippen LogP contribution in [0.3, 0.4) is 0 Å². The van der Waals surface area contributed by atoms with Crippen molar-refractivity contribution in [1.29, 1.82) is 0 Å². The highest BCUT2D eigenvalue weighted by atomic mass is 16.5. The summed E-state index contributed by atoms with van der Waals surface area (Å²) in [4.78, 5) is 2.51. The normalized spacial score (nSPS) is 37.7. The fraction of sp³-hybridized carbons (Fsp3) is 1.00. The number of ether oxygens (including phenoxy) is 1. The van der Waals surface area contributed by atoms with Crippen LogP contribution in [-0.2, 0) is 4.74 Å². The molecule has 0 aromatic carbocycles. The van der Waals surface area contributed by atoms with Crippen LogP contribution < -0.4 is 5.32 Å². The van der Waals surface area contributed by atoms with Crippen LogP contribution in [0.2, 0.25) is 0 Å². The first-order valence-corrected chi connectivity index (χ1v) is 8.08. The number of rotatable bonds is 5. The summed E-state index contributed by atoms with van der Waals surface area (Å²) in [7, 11) is 4.55. The monoisotopic (exact) mass is 268 g/mol. The van der Waals surface area contributed by atoms with E-state index >= 15 is 0 Å². The maximum atomic E-state index is 5.67. The van der Waals surface area contributed by atoms with Gasteiger partial charge < -0.3 is 15.0 Å². The summed E-state index contributed by atoms with van der Waals surface area (Å²) in [5.74, 6) is 1.53. The molecule has 0 aromatic rings. The van der Waals surface area contributed by atoms with Gasteiger partial charge in [0.25, 0.3) is 0 Å². The second kappa shape index (κ2) is 6.55. The number of nitrogens with zero attached hydrogens (tertiary/aromatic N) is 1. The third kappa shape index (κ3) is 3.14. The minimum Gasteiger partial charge on any atom is -0.381 e. The number of hydrogen-bond acceptors (Lipinski definition) is 3.